The Hall–Kier alpha value is -14.1. The van der Waals surface area contributed by atoms with Gasteiger partial charge in [0.2, 0.25) is 0 Å². The van der Waals surface area contributed by atoms with Crippen LogP contribution in [-0.4, -0.2) is 24.3 Å². The van der Waals surface area contributed by atoms with Gasteiger partial charge in [-0.15, -0.1) is 0 Å². The lowest BCUT2D eigenvalue weighted by atomic mass is 9.91. The monoisotopic (exact) mass is 1490 g/mol. The molecule has 0 bridgehead atoms. The fourth-order valence-electron chi connectivity index (χ4n) is 14.0. The Kier molecular flexibility index (Phi) is 26.9. The van der Waals surface area contributed by atoms with E-state index in [4.69, 9.17) is 9.47 Å². The summed E-state index contributed by atoms with van der Waals surface area (Å²) >= 11 is 0. The van der Waals surface area contributed by atoms with Gasteiger partial charge in [0, 0.05) is 102 Å². The van der Waals surface area contributed by atoms with Crippen LogP contribution in [0.1, 0.15) is 176 Å². The van der Waals surface area contributed by atoms with Crippen LogP contribution in [0.2, 0.25) is 0 Å². The first-order valence-electron chi connectivity index (χ1n) is 39.8. The van der Waals surface area contributed by atoms with E-state index in [0.717, 1.165) is 133 Å². The van der Waals surface area contributed by atoms with Crippen LogP contribution in [0.5, 0.6) is 11.5 Å². The van der Waals surface area contributed by atoms with Gasteiger partial charge in [-0.25, -0.2) is 4.79 Å². The number of aromatic carboxylic acids is 1. The van der Waals surface area contributed by atoms with Gasteiger partial charge < -0.3 is 24.4 Å². The maximum Gasteiger partial charge on any atom is 0.335 e. The molecule has 0 aromatic heterocycles. The average molecular weight is 1490 g/mol. The second-order valence-corrected chi connectivity index (χ2v) is 30.0. The summed E-state index contributed by atoms with van der Waals surface area (Å²) in [4.78, 5) is 16.1. The number of benzene rings is 13. The van der Waals surface area contributed by atoms with Crippen LogP contribution in [0.4, 0.5) is 34.1 Å². The third kappa shape index (κ3) is 21.5. The molecule has 0 amide bonds. The Morgan fingerprint density at radius 3 is 1.04 bits per heavy atom. The molecule has 0 radical (unpaired) electrons. The maximum absolute atomic E-state index is 11.6. The summed E-state index contributed by atoms with van der Waals surface area (Å²) in [5.74, 6) is 44.0. The number of anilines is 6. The molecule has 13 aromatic carbocycles. The van der Waals surface area contributed by atoms with Crippen LogP contribution in [0.15, 0.2) is 291 Å². The molecule has 2 atom stereocenters. The van der Waals surface area contributed by atoms with Gasteiger partial charge in [0.05, 0.1) is 35.5 Å². The third-order valence-corrected chi connectivity index (χ3v) is 20.2. The summed E-state index contributed by atoms with van der Waals surface area (Å²) in [6, 6.07) is 99.1. The minimum Gasteiger partial charge on any atom is -0.492 e. The van der Waals surface area contributed by atoms with Gasteiger partial charge in [-0.1, -0.05) is 279 Å². The van der Waals surface area contributed by atoms with Crippen molar-refractivity contribution in [3.05, 3.63) is 369 Å². The molecule has 0 heterocycles. The van der Waals surface area contributed by atoms with Gasteiger partial charge in [-0.3, -0.25) is 0 Å². The quantitative estimate of drug-likeness (QED) is 0.0504. The van der Waals surface area contributed by atoms with E-state index in [1.807, 2.05) is 91.0 Å². The fraction of sp³-hybridized carbons (Fsp3) is 0.185. The second-order valence-electron chi connectivity index (χ2n) is 30.0. The summed E-state index contributed by atoms with van der Waals surface area (Å²) in [6.07, 6.45) is 8.65. The van der Waals surface area contributed by atoms with E-state index in [-0.39, 0.29) is 5.56 Å². The Morgan fingerprint density at radius 2 is 0.652 bits per heavy atom. The molecule has 0 fully saturated rings. The van der Waals surface area contributed by atoms with E-state index < -0.39 is 5.97 Å². The molecule has 7 heteroatoms. The smallest absolute Gasteiger partial charge is 0.335 e. The lowest BCUT2D eigenvalue weighted by Gasteiger charge is -2.25. The Bertz CT molecular complexity index is 5750. The summed E-state index contributed by atoms with van der Waals surface area (Å²) in [5.41, 5.74) is 15.5. The molecule has 0 aliphatic carbocycles. The molecule has 115 heavy (non-hydrogen) atoms. The van der Waals surface area contributed by atoms with Gasteiger partial charge in [-0.2, -0.15) is 5.26 Å². The number of ether oxygens (including phenoxy) is 2. The second kappa shape index (κ2) is 39.2. The zero-order valence-electron chi connectivity index (χ0n) is 66.1. The number of carboxylic acids is 1. The van der Waals surface area contributed by atoms with Gasteiger partial charge in [-0.05, 0) is 210 Å². The van der Waals surface area contributed by atoms with Crippen molar-refractivity contribution in [3.8, 4) is 88.6 Å². The number of nitrogens with zero attached hydrogens (tertiary/aromatic N) is 3. The normalized spacial score (nSPS) is 11.1. The molecule has 0 aliphatic rings. The fourth-order valence-corrected chi connectivity index (χ4v) is 14.0. The molecule has 13 aromatic rings. The number of hydrogen-bond acceptors (Lipinski definition) is 6. The molecule has 7 nitrogen and oxygen atoms in total. The maximum atomic E-state index is 11.6. The van der Waals surface area contributed by atoms with Crippen LogP contribution in [0, 0.1) is 106 Å². The number of carboxylic acid groups (broad SMARTS) is 1. The first-order chi connectivity index (χ1) is 56.2. The van der Waals surface area contributed by atoms with Gasteiger partial charge in [0.1, 0.15) is 17.6 Å². The molecule has 0 aliphatic heterocycles. The zero-order valence-corrected chi connectivity index (χ0v) is 66.1. The van der Waals surface area contributed by atoms with Crippen molar-refractivity contribution >= 4 is 61.6 Å². The largest absolute Gasteiger partial charge is 0.492 e. The minimum atomic E-state index is -1.03. The van der Waals surface area contributed by atoms with Gasteiger partial charge in [0.15, 0.2) is 0 Å². The molecule has 13 rings (SSSR count). The third-order valence-electron chi connectivity index (χ3n) is 20.2. The molecule has 2 unspecified atom stereocenters. The van der Waals surface area contributed by atoms with E-state index in [0.29, 0.717) is 81.8 Å². The number of fused-ring (bicyclic) bond motifs is 2. The number of para-hydroxylation sites is 4. The number of rotatable bonds is 23. The molecular formula is C108H91N3O4. The van der Waals surface area contributed by atoms with Crippen molar-refractivity contribution in [2.24, 2.45) is 23.7 Å². The lowest BCUT2D eigenvalue weighted by molar-refractivity contribution is 0.0696. The predicted octanol–water partition coefficient (Wildman–Crippen LogP) is 25.4. The molecule has 1 N–H and O–H groups in total. The lowest BCUT2D eigenvalue weighted by Crippen LogP contribution is -2.09. The number of carbonyl (C=O) groups is 1. The molecule has 0 saturated carbocycles. The Morgan fingerprint density at radius 1 is 0.313 bits per heavy atom. The van der Waals surface area contributed by atoms with Crippen molar-refractivity contribution in [1.29, 1.82) is 5.26 Å². The van der Waals surface area contributed by atoms with E-state index >= 15 is 0 Å². The zero-order chi connectivity index (χ0) is 79.7. The van der Waals surface area contributed by atoms with Crippen molar-refractivity contribution in [2.45, 2.75) is 92.9 Å². The highest BCUT2D eigenvalue weighted by Crippen LogP contribution is 2.38. The van der Waals surface area contributed by atoms with E-state index in [9.17, 15) is 15.2 Å². The van der Waals surface area contributed by atoms with E-state index in [2.05, 4.69) is 298 Å². The SMILES string of the molecule is CC(C)CCCC(C)CCOc1cc(C#Cc2c3ccccc3c(C#Cc3ccc(C#Cc4cccc(C(=O)O)c4)cc3C#N)c3ccccc23)c(OCCC(C)CCCC(C)C)cc1C#Cc1cc(C#Cc2ccc(N(c3ccccc3)c3ccccc3)cc2)cc(C#Cc2ccc(N(c3ccccc3)c3ccccc3)cc2)c1. The summed E-state index contributed by atoms with van der Waals surface area (Å²) < 4.78 is 14.0. The highest BCUT2D eigenvalue weighted by molar-refractivity contribution is 6.10. The predicted molar refractivity (Wildman–Crippen MR) is 473 cm³/mol. The van der Waals surface area contributed by atoms with Crippen LogP contribution in [-0.2, 0) is 0 Å². The Labute approximate surface area is 679 Å². The molecular weight excluding hydrogens is 1400 g/mol. The van der Waals surface area contributed by atoms with Gasteiger partial charge in [0.25, 0.3) is 0 Å². The average Bonchev–Trinajstić information content (AvgIpc) is 0.752. The molecule has 562 valence electrons. The van der Waals surface area contributed by atoms with Crippen molar-refractivity contribution < 1.29 is 19.4 Å². The van der Waals surface area contributed by atoms with Crippen LogP contribution < -0.4 is 19.3 Å². The van der Waals surface area contributed by atoms with Crippen molar-refractivity contribution in [3.63, 3.8) is 0 Å². The first kappa shape index (κ1) is 79.0. The first-order valence-corrected chi connectivity index (χ1v) is 39.8. The molecule has 0 saturated heterocycles. The summed E-state index contributed by atoms with van der Waals surface area (Å²) in [7, 11) is 0. The minimum absolute atomic E-state index is 0.151. The highest BCUT2D eigenvalue weighted by Gasteiger charge is 2.19. The highest BCUT2D eigenvalue weighted by atomic mass is 16.5. The summed E-state index contributed by atoms with van der Waals surface area (Å²) in [5, 5.41) is 23.7. The van der Waals surface area contributed by atoms with E-state index in [1.165, 1.54) is 25.0 Å². The van der Waals surface area contributed by atoms with Crippen molar-refractivity contribution in [1.82, 2.24) is 0 Å². The van der Waals surface area contributed by atoms with E-state index in [1.54, 1.807) is 18.2 Å². The standard InChI is InChI=1S/C108H91N3O4/c1-78(2)26-23-28-80(5)66-68-114-106-76-91(59-65-105-102-42-21-19-40-100(102)104(101-41-20-22-43-103(101)105)64-58-89-56-50-85(74-93(89)77-109)47-46-84-30-25-31-92(73-84)108(112)113)107(115-69-67-81(6)29-24-27-79(3)4)75-90(106)57-51-88-71-86(48-44-82-52-60-98(61-53-82)110(94-32-11-7-12-33-94)95-34-13-8-14-35-95)70-87(72-88)49-45-83-54-62-99(63-55-83)111(96-36-15-9-16-37-96)97-38-17-10-18-39-97/h7-22,25,30-43,50,52-56,60-63,70-76,78-81H,23-24,26-29,66-69H2,1-6H3,(H,112,113). The molecule has 0 spiro atoms. The van der Waals surface area contributed by atoms with Crippen LogP contribution >= 0.6 is 0 Å². The topological polar surface area (TPSA) is 86.0 Å². The van der Waals surface area contributed by atoms with Crippen LogP contribution in [0.3, 0.4) is 0 Å². The number of hydrogen-bond donors (Lipinski definition) is 1. The Balaban J connectivity index is 0.896. The summed E-state index contributed by atoms with van der Waals surface area (Å²) in [6.45, 7) is 14.7. The van der Waals surface area contributed by atoms with Crippen molar-refractivity contribution in [2.75, 3.05) is 23.0 Å². The van der Waals surface area contributed by atoms with Crippen LogP contribution in [0.25, 0.3) is 21.5 Å². The number of nitriles is 1. The van der Waals surface area contributed by atoms with Gasteiger partial charge >= 0.3 is 5.97 Å².